The van der Waals surface area contributed by atoms with E-state index < -0.39 is 10.0 Å². The molecule has 3 aromatic rings. The first-order chi connectivity index (χ1) is 14.2. The van der Waals surface area contributed by atoms with Crippen molar-refractivity contribution in [3.05, 3.63) is 94.5 Å². The maximum absolute atomic E-state index is 13.5. The fourth-order valence-corrected chi connectivity index (χ4v) is 4.74. The van der Waals surface area contributed by atoms with Gasteiger partial charge in [0.05, 0.1) is 17.1 Å². The van der Waals surface area contributed by atoms with E-state index in [0.29, 0.717) is 16.3 Å². The summed E-state index contributed by atoms with van der Waals surface area (Å²) in [5.41, 5.74) is 2.60. The molecule has 1 amide bonds. The zero-order valence-electron chi connectivity index (χ0n) is 17.0. The molecule has 0 saturated heterocycles. The van der Waals surface area contributed by atoms with Crippen LogP contribution in [-0.4, -0.2) is 33.3 Å². The van der Waals surface area contributed by atoms with Crippen molar-refractivity contribution in [1.29, 1.82) is 0 Å². The molecule has 0 heterocycles. The van der Waals surface area contributed by atoms with Crippen molar-refractivity contribution < 1.29 is 13.2 Å². The molecule has 30 heavy (non-hydrogen) atoms. The lowest BCUT2D eigenvalue weighted by Gasteiger charge is -2.26. The highest BCUT2D eigenvalue weighted by atomic mass is 35.5. The Morgan fingerprint density at radius 2 is 1.57 bits per heavy atom. The number of hydrogen-bond donors (Lipinski definition) is 0. The Labute approximate surface area is 182 Å². The van der Waals surface area contributed by atoms with Gasteiger partial charge in [-0.25, -0.2) is 8.42 Å². The molecule has 0 unspecified atom stereocenters. The molecule has 0 spiro atoms. The van der Waals surface area contributed by atoms with Gasteiger partial charge in [0, 0.05) is 24.7 Å². The van der Waals surface area contributed by atoms with E-state index in [-0.39, 0.29) is 17.3 Å². The van der Waals surface area contributed by atoms with Gasteiger partial charge in [-0.05, 0) is 54.4 Å². The van der Waals surface area contributed by atoms with Gasteiger partial charge in [0.1, 0.15) is 0 Å². The Kier molecular flexibility index (Phi) is 6.48. The molecular formula is C23H23ClN2O3S. The fraction of sp³-hybridized carbons (Fsp3) is 0.174. The summed E-state index contributed by atoms with van der Waals surface area (Å²) in [5, 5.41) is 0.454. The van der Waals surface area contributed by atoms with Gasteiger partial charge in [-0.2, -0.15) is 0 Å². The third-order valence-corrected chi connectivity index (χ3v) is 6.71. The van der Waals surface area contributed by atoms with Gasteiger partial charge in [-0.3, -0.25) is 9.10 Å². The van der Waals surface area contributed by atoms with Crippen LogP contribution in [0.4, 0.5) is 5.69 Å². The van der Waals surface area contributed by atoms with Crippen molar-refractivity contribution in [1.82, 2.24) is 4.90 Å². The standard InChI is InChI=1S/C23H23ClN2O3S/c1-17-9-14-20(24)15-22(17)26(30(28,29)21-7-5-4-6-8-21)16-18-10-12-19(13-11-18)23(27)25(2)3/h4-15H,16H2,1-3H3. The van der Waals surface area contributed by atoms with Crippen LogP contribution in [0.25, 0.3) is 0 Å². The second kappa shape index (κ2) is 8.90. The second-order valence-corrected chi connectivity index (χ2v) is 9.45. The summed E-state index contributed by atoms with van der Waals surface area (Å²) in [6.07, 6.45) is 0. The van der Waals surface area contributed by atoms with Crippen LogP contribution < -0.4 is 4.31 Å². The predicted octanol–water partition coefficient (Wildman–Crippen LogP) is 4.75. The third-order valence-electron chi connectivity index (χ3n) is 4.70. The molecule has 0 N–H and O–H groups in total. The van der Waals surface area contributed by atoms with Crippen LogP contribution in [0.2, 0.25) is 5.02 Å². The van der Waals surface area contributed by atoms with Crippen LogP contribution in [0, 0.1) is 6.92 Å². The summed E-state index contributed by atoms with van der Waals surface area (Å²) in [7, 11) is -0.458. The first-order valence-corrected chi connectivity index (χ1v) is 11.2. The predicted molar refractivity (Wildman–Crippen MR) is 120 cm³/mol. The van der Waals surface area contributed by atoms with E-state index >= 15 is 0 Å². The number of hydrogen-bond acceptors (Lipinski definition) is 3. The Morgan fingerprint density at radius 3 is 2.17 bits per heavy atom. The maximum Gasteiger partial charge on any atom is 0.264 e. The molecule has 3 rings (SSSR count). The van der Waals surface area contributed by atoms with E-state index in [1.165, 1.54) is 9.21 Å². The van der Waals surface area contributed by atoms with Gasteiger partial charge in [0.2, 0.25) is 0 Å². The molecular weight excluding hydrogens is 420 g/mol. The minimum atomic E-state index is -3.83. The summed E-state index contributed by atoms with van der Waals surface area (Å²) in [4.78, 5) is 13.8. The number of rotatable bonds is 6. The first kappa shape index (κ1) is 21.9. The quantitative estimate of drug-likeness (QED) is 0.553. The summed E-state index contributed by atoms with van der Waals surface area (Å²) >= 11 is 6.18. The summed E-state index contributed by atoms with van der Waals surface area (Å²) in [6.45, 7) is 1.95. The Hall–Kier alpha value is -2.83. The van der Waals surface area contributed by atoms with E-state index in [4.69, 9.17) is 11.6 Å². The van der Waals surface area contributed by atoms with Gasteiger partial charge in [-0.15, -0.1) is 0 Å². The number of carbonyl (C=O) groups excluding carboxylic acids is 1. The highest BCUT2D eigenvalue weighted by Gasteiger charge is 2.26. The molecule has 0 saturated carbocycles. The molecule has 3 aromatic carbocycles. The van der Waals surface area contributed by atoms with E-state index in [1.807, 2.05) is 6.92 Å². The molecule has 0 fully saturated rings. The second-order valence-electron chi connectivity index (χ2n) is 7.15. The molecule has 7 heteroatoms. The van der Waals surface area contributed by atoms with E-state index in [2.05, 4.69) is 0 Å². The number of nitrogens with zero attached hydrogens (tertiary/aromatic N) is 2. The van der Waals surface area contributed by atoms with Crippen molar-refractivity contribution in [3.63, 3.8) is 0 Å². The molecule has 0 aliphatic carbocycles. The molecule has 156 valence electrons. The number of benzene rings is 3. The zero-order valence-corrected chi connectivity index (χ0v) is 18.6. The van der Waals surface area contributed by atoms with Crippen molar-refractivity contribution in [2.45, 2.75) is 18.4 Å². The SMILES string of the molecule is Cc1ccc(Cl)cc1N(Cc1ccc(C(=O)N(C)C)cc1)S(=O)(=O)c1ccccc1. The van der Waals surface area contributed by atoms with E-state index in [9.17, 15) is 13.2 Å². The van der Waals surface area contributed by atoms with Crippen molar-refractivity contribution in [2.24, 2.45) is 0 Å². The number of aryl methyl sites for hydroxylation is 1. The lowest BCUT2D eigenvalue weighted by Crippen LogP contribution is -2.31. The lowest BCUT2D eigenvalue weighted by molar-refractivity contribution is 0.0827. The molecule has 0 aliphatic rings. The topological polar surface area (TPSA) is 57.7 Å². The summed E-state index contributed by atoms with van der Waals surface area (Å²) < 4.78 is 28.3. The van der Waals surface area contributed by atoms with Gasteiger partial charge < -0.3 is 4.90 Å². The highest BCUT2D eigenvalue weighted by molar-refractivity contribution is 7.92. The largest absolute Gasteiger partial charge is 0.345 e. The van der Waals surface area contributed by atoms with Gasteiger partial charge in [-0.1, -0.05) is 48.0 Å². The smallest absolute Gasteiger partial charge is 0.264 e. The Bertz CT molecular complexity index is 1140. The van der Waals surface area contributed by atoms with Crippen molar-refractivity contribution in [2.75, 3.05) is 18.4 Å². The molecule has 0 bridgehead atoms. The number of anilines is 1. The minimum absolute atomic E-state index is 0.106. The first-order valence-electron chi connectivity index (χ1n) is 9.34. The number of halogens is 1. The van der Waals surface area contributed by atoms with Crippen molar-refractivity contribution in [3.8, 4) is 0 Å². The fourth-order valence-electron chi connectivity index (χ4n) is 3.05. The number of carbonyl (C=O) groups is 1. The maximum atomic E-state index is 13.5. The highest BCUT2D eigenvalue weighted by Crippen LogP contribution is 2.31. The number of amides is 1. The third kappa shape index (κ3) is 4.66. The molecule has 0 aliphatic heterocycles. The average molecular weight is 443 g/mol. The monoisotopic (exact) mass is 442 g/mol. The zero-order chi connectivity index (χ0) is 21.9. The van der Waals surface area contributed by atoms with Crippen LogP contribution in [0.5, 0.6) is 0 Å². The van der Waals surface area contributed by atoms with Crippen LogP contribution in [0.15, 0.2) is 77.7 Å². The van der Waals surface area contributed by atoms with Crippen LogP contribution in [0.1, 0.15) is 21.5 Å². The summed E-state index contributed by atoms with van der Waals surface area (Å²) in [6, 6.07) is 20.4. The Balaban J connectivity index is 2.05. The summed E-state index contributed by atoms with van der Waals surface area (Å²) in [5.74, 6) is -0.110. The number of sulfonamides is 1. The van der Waals surface area contributed by atoms with Crippen molar-refractivity contribution >= 4 is 33.2 Å². The van der Waals surface area contributed by atoms with Crippen LogP contribution in [0.3, 0.4) is 0 Å². The average Bonchev–Trinajstić information content (AvgIpc) is 2.74. The van der Waals surface area contributed by atoms with Crippen LogP contribution in [-0.2, 0) is 16.6 Å². The van der Waals surface area contributed by atoms with Gasteiger partial charge >= 0.3 is 0 Å². The molecule has 5 nitrogen and oxygen atoms in total. The normalized spacial score (nSPS) is 11.2. The molecule has 0 aromatic heterocycles. The molecule has 0 atom stereocenters. The lowest BCUT2D eigenvalue weighted by atomic mass is 10.1. The van der Waals surface area contributed by atoms with Crippen LogP contribution >= 0.6 is 11.6 Å². The van der Waals surface area contributed by atoms with E-state index in [0.717, 1.165) is 11.1 Å². The van der Waals surface area contributed by atoms with Gasteiger partial charge in [0.25, 0.3) is 15.9 Å². The molecule has 0 radical (unpaired) electrons. The Morgan fingerprint density at radius 1 is 0.933 bits per heavy atom. The van der Waals surface area contributed by atoms with Gasteiger partial charge in [0.15, 0.2) is 0 Å². The minimum Gasteiger partial charge on any atom is -0.345 e. The van der Waals surface area contributed by atoms with E-state index in [1.54, 1.807) is 86.9 Å².